The molecule has 2 aliphatic heterocycles. The van der Waals surface area contributed by atoms with E-state index in [4.69, 9.17) is 5.73 Å². The van der Waals surface area contributed by atoms with E-state index in [0.29, 0.717) is 23.5 Å². The molecule has 6 nitrogen and oxygen atoms in total. The number of phenols is 1. The number of aromatic hydroxyl groups is 1. The van der Waals surface area contributed by atoms with Gasteiger partial charge in [-0.15, -0.1) is 11.8 Å². The van der Waals surface area contributed by atoms with Gasteiger partial charge in [-0.1, -0.05) is 53.7 Å². The van der Waals surface area contributed by atoms with Gasteiger partial charge in [0.2, 0.25) is 5.91 Å². The van der Waals surface area contributed by atoms with E-state index in [-0.39, 0.29) is 27.8 Å². The summed E-state index contributed by atoms with van der Waals surface area (Å²) >= 11 is 1.51. The molecule has 3 rings (SSSR count). The number of hydrogen-bond acceptors (Lipinski definition) is 5. The van der Waals surface area contributed by atoms with Gasteiger partial charge in [0.25, 0.3) is 0 Å². The third kappa shape index (κ3) is 3.78. The standard InChI is InChI=1S/C22H30N2O4S/c1-21(2,3)13-8-11(9-14(17(13)25)22(4,5)6)7-12-10-29-19-15(23)18(26)24(19)16(12)20(27)28/h8-9,15,19,25H,7,10,23H2,1-6H3,(H,27,28)/t15?,19-/m1/s1. The Morgan fingerprint density at radius 3 is 2.14 bits per heavy atom. The average molecular weight is 419 g/mol. The molecular formula is C22H30N2O4S. The molecule has 1 aromatic rings. The Labute approximate surface area is 176 Å². The van der Waals surface area contributed by atoms with E-state index in [2.05, 4.69) is 0 Å². The van der Waals surface area contributed by atoms with Crippen molar-refractivity contribution in [3.63, 3.8) is 0 Å². The highest BCUT2D eigenvalue weighted by Crippen LogP contribution is 2.43. The van der Waals surface area contributed by atoms with Crippen LogP contribution in [0.15, 0.2) is 23.4 Å². The molecule has 0 saturated carbocycles. The summed E-state index contributed by atoms with van der Waals surface area (Å²) in [6, 6.07) is 3.28. The van der Waals surface area contributed by atoms with E-state index in [9.17, 15) is 19.8 Å². The summed E-state index contributed by atoms with van der Waals surface area (Å²) in [5.74, 6) is -0.631. The van der Waals surface area contributed by atoms with Crippen LogP contribution in [0.1, 0.15) is 58.2 Å². The monoisotopic (exact) mass is 418 g/mol. The number of thioether (sulfide) groups is 1. The molecule has 1 amide bonds. The van der Waals surface area contributed by atoms with Gasteiger partial charge in [-0.2, -0.15) is 0 Å². The summed E-state index contributed by atoms with van der Waals surface area (Å²) in [4.78, 5) is 25.5. The van der Waals surface area contributed by atoms with Crippen LogP contribution < -0.4 is 5.73 Å². The zero-order valence-electron chi connectivity index (χ0n) is 17.9. The highest BCUT2D eigenvalue weighted by molar-refractivity contribution is 8.00. The first-order valence-corrected chi connectivity index (χ1v) is 10.8. The molecule has 4 N–H and O–H groups in total. The number of benzene rings is 1. The second-order valence-corrected chi connectivity index (χ2v) is 11.0. The summed E-state index contributed by atoms with van der Waals surface area (Å²) in [5, 5.41) is 20.4. The van der Waals surface area contributed by atoms with Crippen molar-refractivity contribution in [2.75, 3.05) is 5.75 Å². The Morgan fingerprint density at radius 2 is 1.69 bits per heavy atom. The van der Waals surface area contributed by atoms with Gasteiger partial charge in [0.05, 0.1) is 0 Å². The predicted molar refractivity (Wildman–Crippen MR) is 115 cm³/mol. The number of nitrogens with zero attached hydrogens (tertiary/aromatic N) is 1. The van der Waals surface area contributed by atoms with Crippen molar-refractivity contribution in [1.29, 1.82) is 0 Å². The molecule has 0 radical (unpaired) electrons. The first-order chi connectivity index (χ1) is 13.2. The second kappa shape index (κ2) is 7.06. The highest BCUT2D eigenvalue weighted by atomic mass is 32.2. The fourth-order valence-corrected chi connectivity index (χ4v) is 5.19. The number of carboxylic acids is 1. The molecule has 29 heavy (non-hydrogen) atoms. The molecule has 0 aliphatic carbocycles. The molecule has 1 aromatic carbocycles. The minimum Gasteiger partial charge on any atom is -0.507 e. The van der Waals surface area contributed by atoms with Crippen LogP contribution >= 0.6 is 11.8 Å². The number of carboxylic acid groups (broad SMARTS) is 1. The number of rotatable bonds is 3. The van der Waals surface area contributed by atoms with Crippen molar-refractivity contribution in [2.45, 2.75) is 70.2 Å². The number of carbonyl (C=O) groups is 2. The number of fused-ring (bicyclic) bond motifs is 1. The number of hydrogen-bond donors (Lipinski definition) is 3. The number of nitrogens with two attached hydrogens (primary N) is 1. The zero-order valence-corrected chi connectivity index (χ0v) is 18.7. The first-order valence-electron chi connectivity index (χ1n) is 9.76. The van der Waals surface area contributed by atoms with Crippen LogP contribution in [0.25, 0.3) is 0 Å². The molecule has 158 valence electrons. The summed E-state index contributed by atoms with van der Waals surface area (Å²) in [6.07, 6.45) is 0.410. The lowest BCUT2D eigenvalue weighted by molar-refractivity contribution is -0.148. The van der Waals surface area contributed by atoms with Crippen LogP contribution in [-0.4, -0.2) is 44.2 Å². The second-order valence-electron chi connectivity index (χ2n) is 9.91. The van der Waals surface area contributed by atoms with Crippen LogP contribution in [0.2, 0.25) is 0 Å². The lowest BCUT2D eigenvalue weighted by Crippen LogP contribution is -2.68. The van der Waals surface area contributed by atoms with E-state index >= 15 is 0 Å². The highest BCUT2D eigenvalue weighted by Gasteiger charge is 2.51. The van der Waals surface area contributed by atoms with Crippen molar-refractivity contribution >= 4 is 23.6 Å². The number of β-lactam (4-membered cyclic amide) rings is 1. The van der Waals surface area contributed by atoms with Crippen molar-refractivity contribution < 1.29 is 19.8 Å². The number of carbonyl (C=O) groups excluding carboxylic acids is 1. The lowest BCUT2D eigenvalue weighted by Gasteiger charge is -2.48. The Kier molecular flexibility index (Phi) is 5.28. The largest absolute Gasteiger partial charge is 0.507 e. The topological polar surface area (TPSA) is 104 Å². The molecule has 1 unspecified atom stereocenters. The Balaban J connectivity index is 2.09. The maximum Gasteiger partial charge on any atom is 0.352 e. The lowest BCUT2D eigenvalue weighted by atomic mass is 9.78. The number of phenolic OH excluding ortho intramolecular Hbond substituents is 1. The van der Waals surface area contributed by atoms with Gasteiger partial charge in [-0.05, 0) is 39.5 Å². The molecule has 2 aliphatic rings. The van der Waals surface area contributed by atoms with Crippen molar-refractivity contribution in [2.24, 2.45) is 5.73 Å². The van der Waals surface area contributed by atoms with Gasteiger partial charge < -0.3 is 15.9 Å². The van der Waals surface area contributed by atoms with Crippen LogP contribution in [0.5, 0.6) is 5.75 Å². The quantitative estimate of drug-likeness (QED) is 0.652. The van der Waals surface area contributed by atoms with Crippen LogP contribution in [0.3, 0.4) is 0 Å². The maximum absolute atomic E-state index is 12.2. The molecule has 1 saturated heterocycles. The minimum absolute atomic E-state index is 0.0585. The normalized spacial score (nSPS) is 22.4. The minimum atomic E-state index is -1.10. The van der Waals surface area contributed by atoms with Crippen molar-refractivity contribution in [3.8, 4) is 5.75 Å². The molecule has 0 aromatic heterocycles. The maximum atomic E-state index is 12.2. The predicted octanol–water partition coefficient (Wildman–Crippen LogP) is 3.11. The Morgan fingerprint density at radius 1 is 1.17 bits per heavy atom. The van der Waals surface area contributed by atoms with E-state index in [1.54, 1.807) is 0 Å². The van der Waals surface area contributed by atoms with E-state index in [1.165, 1.54) is 16.7 Å². The molecule has 0 spiro atoms. The molecule has 1 fully saturated rings. The first kappa shape index (κ1) is 21.7. The smallest absolute Gasteiger partial charge is 0.352 e. The number of amides is 1. The SMILES string of the molecule is CC(C)(C)c1cc(CC2=C(C(=O)O)N3C(=O)C(N)[C@H]3SC2)cc(C(C)(C)C)c1O. The molecule has 2 heterocycles. The molecular weight excluding hydrogens is 388 g/mol. The number of aliphatic carboxylic acids is 1. The molecule has 2 atom stereocenters. The Bertz CT molecular complexity index is 873. The third-order valence-corrected chi connectivity index (χ3v) is 6.85. The van der Waals surface area contributed by atoms with Gasteiger partial charge in [0.1, 0.15) is 22.9 Å². The van der Waals surface area contributed by atoms with Crippen LogP contribution in [-0.2, 0) is 26.8 Å². The Hall–Kier alpha value is -1.99. The van der Waals surface area contributed by atoms with Gasteiger partial charge in [-0.25, -0.2) is 4.79 Å². The molecule has 7 heteroatoms. The summed E-state index contributed by atoms with van der Waals surface area (Å²) in [5.41, 5.74) is 8.66. The fraction of sp³-hybridized carbons (Fsp3) is 0.545. The van der Waals surface area contributed by atoms with Gasteiger partial charge >= 0.3 is 5.97 Å². The van der Waals surface area contributed by atoms with Crippen LogP contribution in [0, 0.1) is 0 Å². The van der Waals surface area contributed by atoms with E-state index < -0.39 is 12.0 Å². The summed E-state index contributed by atoms with van der Waals surface area (Å²) < 4.78 is 0. The summed E-state index contributed by atoms with van der Waals surface area (Å²) in [7, 11) is 0. The van der Waals surface area contributed by atoms with Crippen molar-refractivity contribution in [3.05, 3.63) is 40.1 Å². The average Bonchev–Trinajstić information content (AvgIpc) is 2.59. The van der Waals surface area contributed by atoms with Gasteiger partial charge in [0, 0.05) is 5.75 Å². The summed E-state index contributed by atoms with van der Waals surface area (Å²) in [6.45, 7) is 12.3. The van der Waals surface area contributed by atoms with E-state index in [1.807, 2.05) is 53.7 Å². The molecule has 0 bridgehead atoms. The fourth-order valence-electron chi connectivity index (χ4n) is 3.90. The van der Waals surface area contributed by atoms with Gasteiger partial charge in [-0.3, -0.25) is 9.69 Å². The third-order valence-electron chi connectivity index (χ3n) is 5.49. The van der Waals surface area contributed by atoms with Gasteiger partial charge in [0.15, 0.2) is 0 Å². The van der Waals surface area contributed by atoms with Crippen LogP contribution in [0.4, 0.5) is 0 Å². The zero-order chi connectivity index (χ0) is 21.9. The van der Waals surface area contributed by atoms with E-state index in [0.717, 1.165) is 16.7 Å². The van der Waals surface area contributed by atoms with Crippen molar-refractivity contribution in [1.82, 2.24) is 4.90 Å².